The number of benzene rings is 2. The number of rotatable bonds is 9. The van der Waals surface area contributed by atoms with Crippen molar-refractivity contribution in [2.75, 3.05) is 23.1 Å². The van der Waals surface area contributed by atoms with Crippen LogP contribution in [0.1, 0.15) is 18.4 Å². The van der Waals surface area contributed by atoms with E-state index in [0.29, 0.717) is 31.0 Å². The van der Waals surface area contributed by atoms with Crippen LogP contribution in [0, 0.1) is 17.5 Å². The molecule has 0 spiro atoms. The van der Waals surface area contributed by atoms with Gasteiger partial charge in [0.2, 0.25) is 27.7 Å². The largest absolute Gasteiger partial charge is 0.465 e. The van der Waals surface area contributed by atoms with Crippen LogP contribution >= 0.6 is 0 Å². The number of likely N-dealkylation sites (tertiary alicyclic amines) is 1. The van der Waals surface area contributed by atoms with Crippen molar-refractivity contribution in [1.29, 1.82) is 0 Å². The lowest BCUT2D eigenvalue weighted by molar-refractivity contribution is 0.132. The van der Waals surface area contributed by atoms with E-state index in [2.05, 4.69) is 20.3 Å². The third kappa shape index (κ3) is 7.12. The molecule has 3 N–H and O–H groups in total. The maximum absolute atomic E-state index is 15.1. The molecule has 11 nitrogen and oxygen atoms in total. The van der Waals surface area contributed by atoms with Gasteiger partial charge in [0.25, 0.3) is 0 Å². The second-order valence-corrected chi connectivity index (χ2v) is 11.4. The van der Waals surface area contributed by atoms with Crippen molar-refractivity contribution in [3.05, 3.63) is 90.0 Å². The maximum Gasteiger partial charge on any atom is 0.407 e. The zero-order chi connectivity index (χ0) is 30.6. The van der Waals surface area contributed by atoms with Gasteiger partial charge in [-0.3, -0.25) is 4.72 Å². The second-order valence-electron chi connectivity index (χ2n) is 9.64. The van der Waals surface area contributed by atoms with E-state index in [-0.39, 0.29) is 35.7 Å². The van der Waals surface area contributed by atoms with Gasteiger partial charge in [0.1, 0.15) is 5.69 Å². The Morgan fingerprint density at radius 2 is 1.84 bits per heavy atom. The standard InChI is InChI=1S/C28H25F3N6O5S/c29-20-14-22(23(30)24(31)25(20)36-43(40,41)16-17-6-2-1-3-7-17)42-26-19(9-4-11-32-26)21-10-12-33-27(35-21)34-18-8-5-13-37(15-18)28(38)39/h1-4,6-7,9-12,14,18,36H,5,8,13,15-16H2,(H,38,39)(H,33,34,35)/t18-/m0/s1. The van der Waals surface area contributed by atoms with Gasteiger partial charge in [-0.15, -0.1) is 0 Å². The SMILES string of the molecule is O=C(O)N1CCC[C@H](Nc2nccc(-c3cccnc3Oc3cc(F)c(NS(=O)(=O)Cc4ccccc4)c(F)c3F)n2)C1. The van der Waals surface area contributed by atoms with Crippen molar-refractivity contribution >= 4 is 27.8 Å². The summed E-state index contributed by atoms with van der Waals surface area (Å²) in [6, 6.07) is 12.8. The van der Waals surface area contributed by atoms with Crippen LogP contribution in [0.2, 0.25) is 0 Å². The number of ether oxygens (including phenoxy) is 1. The summed E-state index contributed by atoms with van der Waals surface area (Å²) < 4.78 is 77.2. The normalized spacial score (nSPS) is 15.1. The van der Waals surface area contributed by atoms with E-state index in [1.165, 1.54) is 41.6 Å². The van der Waals surface area contributed by atoms with Gasteiger partial charge < -0.3 is 20.1 Å². The van der Waals surface area contributed by atoms with Gasteiger partial charge in [0.15, 0.2) is 17.4 Å². The van der Waals surface area contributed by atoms with Crippen LogP contribution in [-0.4, -0.2) is 58.6 Å². The van der Waals surface area contributed by atoms with Gasteiger partial charge in [-0.2, -0.15) is 4.39 Å². The summed E-state index contributed by atoms with van der Waals surface area (Å²) in [6.07, 6.45) is 3.11. The fourth-order valence-electron chi connectivity index (χ4n) is 4.53. The van der Waals surface area contributed by atoms with Crippen molar-refractivity contribution in [2.45, 2.75) is 24.6 Å². The molecule has 1 amide bonds. The lowest BCUT2D eigenvalue weighted by Gasteiger charge is -2.31. The average molecular weight is 615 g/mol. The third-order valence-corrected chi connectivity index (χ3v) is 7.75. The van der Waals surface area contributed by atoms with Crippen LogP contribution in [-0.2, 0) is 15.8 Å². The highest BCUT2D eigenvalue weighted by molar-refractivity contribution is 7.91. The number of halogens is 3. The summed E-state index contributed by atoms with van der Waals surface area (Å²) in [5.74, 6) is -6.33. The first kappa shape index (κ1) is 29.6. The highest BCUT2D eigenvalue weighted by Gasteiger charge is 2.26. The summed E-state index contributed by atoms with van der Waals surface area (Å²) in [7, 11) is -4.29. The van der Waals surface area contributed by atoms with Crippen LogP contribution in [0.4, 0.5) is 29.6 Å². The van der Waals surface area contributed by atoms with Crippen LogP contribution in [0.15, 0.2) is 67.0 Å². The Bertz CT molecular complexity index is 1750. The number of carbonyl (C=O) groups is 1. The predicted molar refractivity (Wildman–Crippen MR) is 151 cm³/mol. The molecule has 0 saturated carbocycles. The molecule has 43 heavy (non-hydrogen) atoms. The predicted octanol–water partition coefficient (Wildman–Crippen LogP) is 5.24. The Balaban J connectivity index is 1.36. The Morgan fingerprint density at radius 3 is 2.60 bits per heavy atom. The number of aromatic nitrogens is 3. The van der Waals surface area contributed by atoms with Crippen LogP contribution < -0.4 is 14.8 Å². The topological polar surface area (TPSA) is 147 Å². The molecule has 1 fully saturated rings. The number of pyridine rings is 1. The molecule has 1 aliphatic heterocycles. The molecule has 0 aliphatic carbocycles. The number of nitrogens with zero attached hydrogens (tertiary/aromatic N) is 4. The highest BCUT2D eigenvalue weighted by Crippen LogP contribution is 2.36. The van der Waals surface area contributed by atoms with Crippen molar-refractivity contribution in [3.8, 4) is 22.9 Å². The first-order chi connectivity index (χ1) is 20.6. The summed E-state index contributed by atoms with van der Waals surface area (Å²) in [5, 5.41) is 12.4. The van der Waals surface area contributed by atoms with E-state index >= 15 is 4.39 Å². The maximum atomic E-state index is 15.1. The molecule has 1 aliphatic rings. The minimum absolute atomic E-state index is 0.194. The van der Waals surface area contributed by atoms with Gasteiger partial charge in [0.05, 0.1) is 17.0 Å². The number of hydrogen-bond donors (Lipinski definition) is 3. The monoisotopic (exact) mass is 614 g/mol. The summed E-state index contributed by atoms with van der Waals surface area (Å²) in [4.78, 5) is 25.3. The van der Waals surface area contributed by atoms with E-state index < -0.39 is 50.8 Å². The number of anilines is 2. The number of sulfonamides is 1. The first-order valence-electron chi connectivity index (χ1n) is 13.0. The number of amides is 1. The molecule has 0 radical (unpaired) electrons. The van der Waals surface area contributed by atoms with E-state index in [4.69, 9.17) is 4.74 Å². The van der Waals surface area contributed by atoms with Gasteiger partial charge >= 0.3 is 6.09 Å². The molecule has 2 aromatic carbocycles. The summed E-state index contributed by atoms with van der Waals surface area (Å²) in [5.41, 5.74) is -0.310. The highest BCUT2D eigenvalue weighted by atomic mass is 32.2. The smallest absolute Gasteiger partial charge is 0.407 e. The van der Waals surface area contributed by atoms with Crippen LogP contribution in [0.3, 0.4) is 0 Å². The van der Waals surface area contributed by atoms with Crippen LogP contribution in [0.25, 0.3) is 11.3 Å². The number of hydrogen-bond acceptors (Lipinski definition) is 8. The molecule has 4 aromatic rings. The van der Waals surface area contributed by atoms with E-state index in [1.807, 2.05) is 0 Å². The van der Waals surface area contributed by atoms with Crippen molar-refractivity contribution in [1.82, 2.24) is 19.9 Å². The van der Waals surface area contributed by atoms with Crippen LogP contribution in [0.5, 0.6) is 11.6 Å². The molecular weight excluding hydrogens is 589 g/mol. The fraction of sp³-hybridized carbons (Fsp3) is 0.214. The molecule has 0 bridgehead atoms. The molecule has 15 heteroatoms. The molecule has 5 rings (SSSR count). The summed E-state index contributed by atoms with van der Waals surface area (Å²) >= 11 is 0. The molecule has 0 unspecified atom stereocenters. The van der Waals surface area contributed by atoms with Gasteiger partial charge in [-0.25, -0.2) is 36.9 Å². The fourth-order valence-corrected chi connectivity index (χ4v) is 5.73. The summed E-state index contributed by atoms with van der Waals surface area (Å²) in [6.45, 7) is 0.683. The minimum Gasteiger partial charge on any atom is -0.465 e. The van der Waals surface area contributed by atoms with Crippen molar-refractivity contribution < 1.29 is 36.2 Å². The molecule has 3 heterocycles. The lowest BCUT2D eigenvalue weighted by Crippen LogP contribution is -2.44. The number of piperidine rings is 1. The number of nitrogens with one attached hydrogen (secondary N) is 2. The Kier molecular flexibility index (Phi) is 8.61. The van der Waals surface area contributed by atoms with Gasteiger partial charge in [-0.1, -0.05) is 30.3 Å². The Morgan fingerprint density at radius 1 is 1.05 bits per heavy atom. The van der Waals surface area contributed by atoms with Gasteiger partial charge in [0, 0.05) is 37.6 Å². The molecular formula is C28H25F3N6O5S. The first-order valence-corrected chi connectivity index (χ1v) is 14.7. The zero-order valence-electron chi connectivity index (χ0n) is 22.4. The minimum atomic E-state index is -4.29. The van der Waals surface area contributed by atoms with E-state index in [1.54, 1.807) is 29.0 Å². The second kappa shape index (κ2) is 12.5. The molecule has 1 saturated heterocycles. The van der Waals surface area contributed by atoms with Crippen molar-refractivity contribution in [2.24, 2.45) is 0 Å². The molecule has 1 atom stereocenters. The van der Waals surface area contributed by atoms with E-state index in [0.717, 1.165) is 0 Å². The van der Waals surface area contributed by atoms with Gasteiger partial charge in [-0.05, 0) is 36.6 Å². The zero-order valence-corrected chi connectivity index (χ0v) is 23.2. The quantitative estimate of drug-likeness (QED) is 0.215. The molecule has 224 valence electrons. The lowest BCUT2D eigenvalue weighted by atomic mass is 10.1. The third-order valence-electron chi connectivity index (χ3n) is 6.52. The Labute approximate surface area is 244 Å². The van der Waals surface area contributed by atoms with Crippen molar-refractivity contribution in [3.63, 3.8) is 0 Å². The molecule has 2 aromatic heterocycles. The van der Waals surface area contributed by atoms with E-state index in [9.17, 15) is 27.1 Å². The number of carboxylic acid groups (broad SMARTS) is 1. The Hall–Kier alpha value is -4.92. The average Bonchev–Trinajstić information content (AvgIpc) is 2.99.